The van der Waals surface area contributed by atoms with Gasteiger partial charge >= 0.3 is 0 Å². The molecule has 3 N–H and O–H groups in total. The minimum absolute atomic E-state index is 0.000283. The minimum atomic E-state index is -0.914. The van der Waals surface area contributed by atoms with Crippen LogP contribution in [0.5, 0.6) is 5.75 Å². The smallest absolute Gasteiger partial charge is 0.250 e. The molecule has 6 rings (SSSR count). The highest BCUT2D eigenvalue weighted by Gasteiger charge is 2.39. The third-order valence-electron chi connectivity index (χ3n) is 8.25. The fourth-order valence-electron chi connectivity index (χ4n) is 5.48. The van der Waals surface area contributed by atoms with Crippen LogP contribution in [0.1, 0.15) is 42.0 Å². The number of anilines is 1. The molecule has 11 nitrogen and oxygen atoms in total. The van der Waals surface area contributed by atoms with Crippen molar-refractivity contribution in [2.45, 2.75) is 37.9 Å². The van der Waals surface area contributed by atoms with Crippen molar-refractivity contribution in [3.05, 3.63) is 101 Å². The van der Waals surface area contributed by atoms with Crippen molar-refractivity contribution in [1.29, 1.82) is 5.26 Å². The monoisotopic (exact) mass is 676 g/mol. The van der Waals surface area contributed by atoms with Crippen LogP contribution in [0, 0.1) is 29.1 Å². The predicted octanol–water partition coefficient (Wildman–Crippen LogP) is 4.66. The van der Waals surface area contributed by atoms with E-state index < -0.39 is 18.0 Å². The number of halogens is 1. The Morgan fingerprint density at radius 3 is 2.55 bits per heavy atom. The fourth-order valence-corrected chi connectivity index (χ4v) is 5.65. The number of hydrogen-bond acceptors (Lipinski definition) is 7. The van der Waals surface area contributed by atoms with Crippen molar-refractivity contribution < 1.29 is 24.2 Å². The first-order valence-electron chi connectivity index (χ1n) is 15.9. The zero-order valence-corrected chi connectivity index (χ0v) is 27.2. The molecular weight excluding hydrogens is 644 g/mol. The van der Waals surface area contributed by atoms with E-state index in [0.29, 0.717) is 45.2 Å². The molecule has 2 heterocycles. The fraction of sp³-hybridized carbons (Fsp3) is 0.270. The van der Waals surface area contributed by atoms with Crippen molar-refractivity contribution in [1.82, 2.24) is 20.0 Å². The molecule has 2 atom stereocenters. The number of carbonyl (C=O) groups excluding carboxylic acids is 3. The number of hydrogen-bond donors (Lipinski definition) is 3. The molecule has 2 aliphatic rings. The normalized spacial score (nSPS) is 16.1. The number of carbonyl (C=O) groups is 3. The van der Waals surface area contributed by atoms with Gasteiger partial charge in [-0.05, 0) is 60.9 Å². The number of phenolic OH excluding ortho intramolecular Hbond substituents is 1. The maximum atomic E-state index is 13.9. The molecule has 3 amide bonds. The zero-order chi connectivity index (χ0) is 34.3. The highest BCUT2D eigenvalue weighted by atomic mass is 35.5. The summed E-state index contributed by atoms with van der Waals surface area (Å²) in [5.74, 6) is 5.17. The number of amides is 3. The number of aromatic hydroxyl groups is 1. The van der Waals surface area contributed by atoms with Gasteiger partial charge in [0, 0.05) is 40.5 Å². The van der Waals surface area contributed by atoms with Crippen LogP contribution in [0.4, 0.5) is 5.69 Å². The molecule has 248 valence electrons. The highest BCUT2D eigenvalue weighted by Crippen LogP contribution is 2.33. The van der Waals surface area contributed by atoms with E-state index in [2.05, 4.69) is 33.6 Å². The number of benzene rings is 3. The van der Waals surface area contributed by atoms with Gasteiger partial charge in [0.1, 0.15) is 23.5 Å². The molecule has 49 heavy (non-hydrogen) atoms. The predicted molar refractivity (Wildman–Crippen MR) is 182 cm³/mol. The summed E-state index contributed by atoms with van der Waals surface area (Å²) in [5, 5.41) is 30.2. The van der Waals surface area contributed by atoms with Crippen molar-refractivity contribution in [3.63, 3.8) is 0 Å². The summed E-state index contributed by atoms with van der Waals surface area (Å²) in [7, 11) is 0. The summed E-state index contributed by atoms with van der Waals surface area (Å²) in [6, 6.07) is 20.9. The van der Waals surface area contributed by atoms with Crippen LogP contribution >= 0.6 is 11.6 Å². The summed E-state index contributed by atoms with van der Waals surface area (Å²) >= 11 is 6.18. The molecule has 1 saturated carbocycles. The van der Waals surface area contributed by atoms with Gasteiger partial charge in [0.15, 0.2) is 0 Å². The second-order valence-electron chi connectivity index (χ2n) is 11.8. The number of ether oxygens (including phenoxy) is 1. The molecule has 2 fully saturated rings. The van der Waals surface area contributed by atoms with Crippen LogP contribution in [0.2, 0.25) is 5.02 Å². The Morgan fingerprint density at radius 2 is 1.82 bits per heavy atom. The molecule has 12 heteroatoms. The lowest BCUT2D eigenvalue weighted by atomic mass is 10.0. The molecule has 0 radical (unpaired) electrons. The standard InChI is InChI=1S/C37H33ClN6O5/c38-28-13-16-32(45)30(21-28)33-27(22-43(42-33)18-4-17-39)10-7-24-8-14-29(15-9-24)40-36(47)31-23-49-20-19-44(31)37(48)34(25-5-2-1-3-6-25)41-35(46)26-11-12-26/h1-3,5-6,8-9,13-16,21-22,26,31,34,45H,4,11-12,18-20,23H2,(H,40,47)(H,41,46)/t31-,34+/m0/s1. The van der Waals surface area contributed by atoms with E-state index in [4.69, 9.17) is 21.6 Å². The van der Waals surface area contributed by atoms with E-state index in [1.54, 1.807) is 59.4 Å². The third kappa shape index (κ3) is 8.10. The molecule has 1 aliphatic heterocycles. The van der Waals surface area contributed by atoms with Crippen LogP contribution in [0.25, 0.3) is 11.3 Å². The first kappa shape index (κ1) is 33.3. The average Bonchev–Trinajstić information content (AvgIpc) is 3.91. The Morgan fingerprint density at radius 1 is 1.04 bits per heavy atom. The van der Waals surface area contributed by atoms with Crippen LogP contribution in [-0.2, 0) is 25.7 Å². The maximum absolute atomic E-state index is 13.9. The number of aryl methyl sites for hydroxylation is 1. The van der Waals surface area contributed by atoms with E-state index in [1.807, 2.05) is 18.2 Å². The second-order valence-corrected chi connectivity index (χ2v) is 12.2. The third-order valence-corrected chi connectivity index (χ3v) is 8.49. The number of rotatable bonds is 9. The number of nitrogens with one attached hydrogen (secondary N) is 2. The molecule has 3 aromatic carbocycles. The summed E-state index contributed by atoms with van der Waals surface area (Å²) in [4.78, 5) is 41.6. The first-order valence-corrected chi connectivity index (χ1v) is 16.3. The molecule has 0 spiro atoms. The molecule has 1 aliphatic carbocycles. The SMILES string of the molecule is N#CCCn1cc(C#Cc2ccc(NC(=O)[C@@H]3COCCN3C(=O)[C@H](NC(=O)C3CC3)c3ccccc3)cc2)c(-c2cc(Cl)ccc2O)n1. The van der Waals surface area contributed by atoms with Crippen molar-refractivity contribution in [2.24, 2.45) is 5.92 Å². The highest BCUT2D eigenvalue weighted by molar-refractivity contribution is 6.31. The van der Waals surface area contributed by atoms with Crippen molar-refractivity contribution in [3.8, 4) is 34.9 Å². The molecule has 0 unspecified atom stereocenters. The molecular formula is C37H33ClN6O5. The Labute approximate surface area is 288 Å². The lowest BCUT2D eigenvalue weighted by Gasteiger charge is -2.37. The lowest BCUT2D eigenvalue weighted by Crippen LogP contribution is -2.57. The summed E-state index contributed by atoms with van der Waals surface area (Å²) in [5.41, 5.74) is 3.20. The van der Waals surface area contributed by atoms with Gasteiger partial charge in [0.25, 0.3) is 5.91 Å². The van der Waals surface area contributed by atoms with Crippen molar-refractivity contribution in [2.75, 3.05) is 25.1 Å². The lowest BCUT2D eigenvalue weighted by molar-refractivity contribution is -0.149. The summed E-state index contributed by atoms with van der Waals surface area (Å²) in [6.07, 6.45) is 3.58. The maximum Gasteiger partial charge on any atom is 0.250 e. The van der Waals surface area contributed by atoms with E-state index in [1.165, 1.54) is 11.0 Å². The molecule has 4 aromatic rings. The van der Waals surface area contributed by atoms with Gasteiger partial charge in [0.05, 0.1) is 37.8 Å². The molecule has 1 saturated heterocycles. The van der Waals surface area contributed by atoms with Crippen LogP contribution in [0.15, 0.2) is 79.0 Å². The van der Waals surface area contributed by atoms with Gasteiger partial charge in [-0.3, -0.25) is 19.1 Å². The Balaban J connectivity index is 1.17. The average molecular weight is 677 g/mol. The van der Waals surface area contributed by atoms with Gasteiger partial charge in [-0.25, -0.2) is 0 Å². The number of morpholine rings is 1. The topological polar surface area (TPSA) is 150 Å². The summed E-state index contributed by atoms with van der Waals surface area (Å²) < 4.78 is 7.21. The minimum Gasteiger partial charge on any atom is -0.507 e. The largest absolute Gasteiger partial charge is 0.507 e. The van der Waals surface area contributed by atoms with Crippen LogP contribution in [-0.4, -0.2) is 63.3 Å². The van der Waals surface area contributed by atoms with Gasteiger partial charge in [0.2, 0.25) is 11.8 Å². The van der Waals surface area contributed by atoms with Gasteiger partial charge in [-0.1, -0.05) is 53.8 Å². The number of aromatic nitrogens is 2. The van der Waals surface area contributed by atoms with Crippen LogP contribution in [0.3, 0.4) is 0 Å². The van der Waals surface area contributed by atoms with E-state index >= 15 is 0 Å². The van der Waals surface area contributed by atoms with Gasteiger partial charge < -0.3 is 25.4 Å². The van der Waals surface area contributed by atoms with E-state index in [0.717, 1.165) is 12.8 Å². The Hall–Kier alpha value is -5.62. The first-order chi connectivity index (χ1) is 23.8. The number of nitrogens with zero attached hydrogens (tertiary/aromatic N) is 4. The number of phenols is 1. The molecule has 0 bridgehead atoms. The quantitative estimate of drug-likeness (QED) is 0.218. The van der Waals surface area contributed by atoms with Crippen LogP contribution < -0.4 is 10.6 Å². The zero-order valence-electron chi connectivity index (χ0n) is 26.4. The van der Waals surface area contributed by atoms with Gasteiger partial charge in [-0.2, -0.15) is 10.4 Å². The number of nitriles is 1. The Kier molecular flexibility index (Phi) is 10.2. The van der Waals surface area contributed by atoms with Gasteiger partial charge in [-0.15, -0.1) is 0 Å². The van der Waals surface area contributed by atoms with E-state index in [9.17, 15) is 19.5 Å². The summed E-state index contributed by atoms with van der Waals surface area (Å²) in [6.45, 7) is 0.858. The van der Waals surface area contributed by atoms with Crippen molar-refractivity contribution >= 4 is 35.0 Å². The Bertz CT molecular complexity index is 1960. The second kappa shape index (κ2) is 15.1. The van der Waals surface area contributed by atoms with E-state index in [-0.39, 0.29) is 49.7 Å². The molecule has 1 aromatic heterocycles.